The molecule has 1 atom stereocenters. The van der Waals surface area contributed by atoms with E-state index in [1.54, 1.807) is 6.07 Å². The fraction of sp³-hybridized carbons (Fsp3) is 0.500. The van der Waals surface area contributed by atoms with Gasteiger partial charge < -0.3 is 5.73 Å². The van der Waals surface area contributed by atoms with E-state index in [2.05, 4.69) is 6.92 Å². The Balaban J connectivity index is 0.00000225. The van der Waals surface area contributed by atoms with Crippen molar-refractivity contribution in [1.82, 2.24) is 0 Å². The van der Waals surface area contributed by atoms with Crippen molar-refractivity contribution in [2.75, 3.05) is 0 Å². The standard InChI is InChI=1S/C12H17Cl2N.ClH/c1-2-3-4-8-11(15)9-6-5-7-10(13)12(9)14;/h5-7,11H,2-4,8,15H2,1H3;1H/t11-;/m1./s1. The second kappa shape index (κ2) is 8.19. The predicted molar refractivity (Wildman–Crippen MR) is 74.8 cm³/mol. The van der Waals surface area contributed by atoms with E-state index in [9.17, 15) is 0 Å². The van der Waals surface area contributed by atoms with Crippen LogP contribution in [0.25, 0.3) is 0 Å². The fourth-order valence-corrected chi connectivity index (χ4v) is 2.02. The molecular formula is C12H18Cl3N. The van der Waals surface area contributed by atoms with Crippen LogP contribution in [0.2, 0.25) is 10.0 Å². The molecule has 0 bridgehead atoms. The Morgan fingerprint density at radius 3 is 2.56 bits per heavy atom. The summed E-state index contributed by atoms with van der Waals surface area (Å²) in [6, 6.07) is 5.63. The predicted octanol–water partition coefficient (Wildman–Crippen LogP) is 5.00. The third kappa shape index (κ3) is 4.50. The molecule has 92 valence electrons. The van der Waals surface area contributed by atoms with Crippen molar-refractivity contribution in [2.24, 2.45) is 5.73 Å². The molecule has 0 aromatic heterocycles. The van der Waals surface area contributed by atoms with Crippen molar-refractivity contribution >= 4 is 35.6 Å². The van der Waals surface area contributed by atoms with Gasteiger partial charge in [-0.25, -0.2) is 0 Å². The van der Waals surface area contributed by atoms with Crippen molar-refractivity contribution in [1.29, 1.82) is 0 Å². The van der Waals surface area contributed by atoms with Gasteiger partial charge in [-0.15, -0.1) is 12.4 Å². The number of hydrogen-bond donors (Lipinski definition) is 1. The largest absolute Gasteiger partial charge is 0.324 e. The molecule has 0 saturated heterocycles. The van der Waals surface area contributed by atoms with E-state index in [1.807, 2.05) is 12.1 Å². The lowest BCUT2D eigenvalue weighted by atomic mass is 10.0. The van der Waals surface area contributed by atoms with E-state index in [0.29, 0.717) is 10.0 Å². The minimum Gasteiger partial charge on any atom is -0.324 e. The maximum absolute atomic E-state index is 6.09. The number of hydrogen-bond acceptors (Lipinski definition) is 1. The Morgan fingerprint density at radius 2 is 1.94 bits per heavy atom. The number of halogens is 3. The first-order valence-electron chi connectivity index (χ1n) is 5.36. The van der Waals surface area contributed by atoms with E-state index < -0.39 is 0 Å². The Morgan fingerprint density at radius 1 is 1.25 bits per heavy atom. The minimum atomic E-state index is 0. The van der Waals surface area contributed by atoms with E-state index in [1.165, 1.54) is 12.8 Å². The molecule has 0 heterocycles. The second-order valence-electron chi connectivity index (χ2n) is 3.75. The van der Waals surface area contributed by atoms with Crippen molar-refractivity contribution in [3.63, 3.8) is 0 Å². The second-order valence-corrected chi connectivity index (χ2v) is 4.53. The van der Waals surface area contributed by atoms with E-state index in [0.717, 1.165) is 18.4 Å². The van der Waals surface area contributed by atoms with Crippen LogP contribution in [0.3, 0.4) is 0 Å². The van der Waals surface area contributed by atoms with E-state index in [4.69, 9.17) is 28.9 Å². The molecule has 1 nitrogen and oxygen atoms in total. The van der Waals surface area contributed by atoms with Crippen LogP contribution in [0.5, 0.6) is 0 Å². The average molecular weight is 283 g/mol. The van der Waals surface area contributed by atoms with Gasteiger partial charge in [0, 0.05) is 6.04 Å². The topological polar surface area (TPSA) is 26.0 Å². The highest BCUT2D eigenvalue weighted by Gasteiger charge is 2.11. The summed E-state index contributed by atoms with van der Waals surface area (Å²) < 4.78 is 0. The summed E-state index contributed by atoms with van der Waals surface area (Å²) in [4.78, 5) is 0. The highest BCUT2D eigenvalue weighted by Crippen LogP contribution is 2.30. The Kier molecular flexibility index (Phi) is 8.21. The summed E-state index contributed by atoms with van der Waals surface area (Å²) in [5, 5.41) is 1.18. The number of nitrogens with two attached hydrogens (primary N) is 1. The molecule has 0 aliphatic carbocycles. The third-order valence-corrected chi connectivity index (χ3v) is 3.33. The Labute approximate surface area is 114 Å². The van der Waals surface area contributed by atoms with Crippen molar-refractivity contribution in [3.05, 3.63) is 33.8 Å². The van der Waals surface area contributed by atoms with Gasteiger partial charge in [0.25, 0.3) is 0 Å². The monoisotopic (exact) mass is 281 g/mol. The minimum absolute atomic E-state index is 0. The van der Waals surface area contributed by atoms with Gasteiger partial charge in [0.15, 0.2) is 0 Å². The zero-order valence-corrected chi connectivity index (χ0v) is 11.7. The third-order valence-electron chi connectivity index (χ3n) is 2.50. The highest BCUT2D eigenvalue weighted by molar-refractivity contribution is 6.42. The van der Waals surface area contributed by atoms with Crippen LogP contribution >= 0.6 is 35.6 Å². The molecule has 0 aliphatic rings. The molecule has 0 spiro atoms. The van der Waals surface area contributed by atoms with Crippen molar-refractivity contribution in [3.8, 4) is 0 Å². The SMILES string of the molecule is CCCCC[C@@H](N)c1cccc(Cl)c1Cl.Cl. The molecule has 0 unspecified atom stereocenters. The molecular weight excluding hydrogens is 264 g/mol. The highest BCUT2D eigenvalue weighted by atomic mass is 35.5. The lowest BCUT2D eigenvalue weighted by Gasteiger charge is -2.14. The summed E-state index contributed by atoms with van der Waals surface area (Å²) in [7, 11) is 0. The van der Waals surface area contributed by atoms with Crippen LogP contribution in [0.1, 0.15) is 44.2 Å². The molecule has 4 heteroatoms. The molecule has 1 aromatic rings. The van der Waals surface area contributed by atoms with Gasteiger partial charge in [0.1, 0.15) is 0 Å². The lowest BCUT2D eigenvalue weighted by molar-refractivity contribution is 0.581. The van der Waals surface area contributed by atoms with Gasteiger partial charge in [0.05, 0.1) is 10.0 Å². The quantitative estimate of drug-likeness (QED) is 0.756. The molecule has 2 N–H and O–H groups in total. The molecule has 0 fully saturated rings. The molecule has 1 rings (SSSR count). The van der Waals surface area contributed by atoms with Crippen molar-refractivity contribution < 1.29 is 0 Å². The fourth-order valence-electron chi connectivity index (χ4n) is 1.58. The van der Waals surface area contributed by atoms with E-state index in [-0.39, 0.29) is 18.4 Å². The molecule has 0 aliphatic heterocycles. The molecule has 0 radical (unpaired) electrons. The van der Waals surface area contributed by atoms with Crippen molar-refractivity contribution in [2.45, 2.75) is 38.6 Å². The van der Waals surface area contributed by atoms with Crippen LogP contribution in [0.4, 0.5) is 0 Å². The first-order chi connectivity index (χ1) is 7.16. The summed E-state index contributed by atoms with van der Waals surface area (Å²) >= 11 is 12.0. The number of benzene rings is 1. The van der Waals surface area contributed by atoms with Gasteiger partial charge in [-0.2, -0.15) is 0 Å². The van der Waals surface area contributed by atoms with Gasteiger partial charge in [0.2, 0.25) is 0 Å². The average Bonchev–Trinajstić information content (AvgIpc) is 2.22. The summed E-state index contributed by atoms with van der Waals surface area (Å²) in [5.41, 5.74) is 7.02. The molecule has 0 saturated carbocycles. The maximum atomic E-state index is 6.09. The van der Waals surface area contributed by atoms with Crippen LogP contribution in [0, 0.1) is 0 Å². The van der Waals surface area contributed by atoms with E-state index >= 15 is 0 Å². The smallest absolute Gasteiger partial charge is 0.0639 e. The van der Waals surface area contributed by atoms with Gasteiger partial charge >= 0.3 is 0 Å². The molecule has 0 amide bonds. The molecule has 1 aromatic carbocycles. The van der Waals surface area contributed by atoms with Crippen LogP contribution in [-0.2, 0) is 0 Å². The number of unbranched alkanes of at least 4 members (excludes halogenated alkanes) is 2. The first kappa shape index (κ1) is 16.1. The first-order valence-corrected chi connectivity index (χ1v) is 6.12. The normalized spacial score (nSPS) is 12.0. The lowest BCUT2D eigenvalue weighted by Crippen LogP contribution is -2.10. The summed E-state index contributed by atoms with van der Waals surface area (Å²) in [6.45, 7) is 2.18. The van der Waals surface area contributed by atoms with Crippen LogP contribution < -0.4 is 5.73 Å². The van der Waals surface area contributed by atoms with Crippen LogP contribution in [-0.4, -0.2) is 0 Å². The number of rotatable bonds is 5. The summed E-state index contributed by atoms with van der Waals surface area (Å²) in [6.07, 6.45) is 4.52. The zero-order chi connectivity index (χ0) is 11.3. The molecule has 16 heavy (non-hydrogen) atoms. The summed E-state index contributed by atoms with van der Waals surface area (Å²) in [5.74, 6) is 0. The zero-order valence-electron chi connectivity index (χ0n) is 9.38. The Bertz CT molecular complexity index is 315. The van der Waals surface area contributed by atoms with Crippen LogP contribution in [0.15, 0.2) is 18.2 Å². The maximum Gasteiger partial charge on any atom is 0.0639 e. The Hall–Kier alpha value is 0.0500. The van der Waals surface area contributed by atoms with Gasteiger partial charge in [-0.3, -0.25) is 0 Å². The van der Waals surface area contributed by atoms with Gasteiger partial charge in [-0.05, 0) is 18.1 Å². The van der Waals surface area contributed by atoms with Gasteiger partial charge in [-0.1, -0.05) is 61.5 Å².